The van der Waals surface area contributed by atoms with Gasteiger partial charge >= 0.3 is 0 Å². The molecule has 0 aromatic carbocycles. The molecule has 0 radical (unpaired) electrons. The van der Waals surface area contributed by atoms with Crippen LogP contribution in [0.15, 0.2) is 23.4 Å². The van der Waals surface area contributed by atoms with Crippen LogP contribution in [0.4, 0.5) is 0 Å². The van der Waals surface area contributed by atoms with Crippen LogP contribution in [0.2, 0.25) is 0 Å². The highest BCUT2D eigenvalue weighted by molar-refractivity contribution is 14.1. The molecule has 2 rings (SSSR count). The Morgan fingerprint density at radius 1 is 1.44 bits per heavy atom. The quantitative estimate of drug-likeness (QED) is 0.481. The number of aromatic nitrogens is 2. The van der Waals surface area contributed by atoms with Crippen LogP contribution in [0.25, 0.3) is 5.65 Å². The SMILES string of the molecule is Cc1nc2ccc(I)cn2c1/C=N/N(C)C. The minimum Gasteiger partial charge on any atom is -0.303 e. The molecule has 0 N–H and O–H groups in total. The molecule has 0 atom stereocenters. The molecule has 0 spiro atoms. The summed E-state index contributed by atoms with van der Waals surface area (Å²) < 4.78 is 3.24. The Morgan fingerprint density at radius 3 is 2.88 bits per heavy atom. The number of imidazole rings is 1. The first kappa shape index (κ1) is 11.4. The lowest BCUT2D eigenvalue weighted by Gasteiger charge is -2.03. The fraction of sp³-hybridized carbons (Fsp3) is 0.273. The van der Waals surface area contributed by atoms with E-state index in [4.69, 9.17) is 0 Å². The summed E-state index contributed by atoms with van der Waals surface area (Å²) in [6.45, 7) is 2.00. The Balaban J connectivity index is 2.58. The lowest BCUT2D eigenvalue weighted by molar-refractivity contribution is 0.440. The first-order valence-corrected chi connectivity index (χ1v) is 6.01. The summed E-state index contributed by atoms with van der Waals surface area (Å²) in [6.07, 6.45) is 3.90. The normalized spacial score (nSPS) is 11.5. The number of hydrogen-bond donors (Lipinski definition) is 0. The van der Waals surface area contributed by atoms with Crippen molar-refractivity contribution in [3.05, 3.63) is 33.3 Å². The molecule has 0 saturated carbocycles. The Kier molecular flexibility index (Phi) is 3.13. The zero-order valence-corrected chi connectivity index (χ0v) is 11.6. The highest BCUT2D eigenvalue weighted by Gasteiger charge is 2.06. The number of hydrogen-bond acceptors (Lipinski definition) is 3. The van der Waals surface area contributed by atoms with Crippen LogP contribution in [-0.4, -0.2) is 34.7 Å². The molecule has 0 saturated heterocycles. The minimum absolute atomic E-state index is 0.957. The smallest absolute Gasteiger partial charge is 0.137 e. The van der Waals surface area contributed by atoms with Crippen LogP contribution in [-0.2, 0) is 0 Å². The van der Waals surface area contributed by atoms with Crippen molar-refractivity contribution in [1.82, 2.24) is 14.4 Å². The fourth-order valence-corrected chi connectivity index (χ4v) is 1.94. The Morgan fingerprint density at radius 2 is 2.19 bits per heavy atom. The number of hydrazone groups is 1. The summed E-state index contributed by atoms with van der Waals surface area (Å²) in [4.78, 5) is 4.48. The van der Waals surface area contributed by atoms with Crippen LogP contribution < -0.4 is 0 Å². The Hall–Kier alpha value is -1.11. The maximum atomic E-state index is 4.48. The monoisotopic (exact) mass is 328 g/mol. The van der Waals surface area contributed by atoms with Gasteiger partial charge in [0.15, 0.2) is 0 Å². The van der Waals surface area contributed by atoms with E-state index in [1.54, 1.807) is 5.01 Å². The lowest BCUT2D eigenvalue weighted by atomic mass is 10.4. The molecule has 2 heterocycles. The molecule has 0 aliphatic heterocycles. The van der Waals surface area contributed by atoms with Crippen LogP contribution >= 0.6 is 22.6 Å². The molecule has 84 valence electrons. The van der Waals surface area contributed by atoms with Gasteiger partial charge in [0.25, 0.3) is 0 Å². The first-order chi connectivity index (χ1) is 7.58. The second kappa shape index (κ2) is 4.40. The van der Waals surface area contributed by atoms with E-state index in [1.165, 1.54) is 3.57 Å². The van der Waals surface area contributed by atoms with E-state index < -0.39 is 0 Å². The second-order valence-corrected chi connectivity index (χ2v) is 5.00. The zero-order valence-electron chi connectivity index (χ0n) is 9.48. The third-order valence-electron chi connectivity index (χ3n) is 2.21. The summed E-state index contributed by atoms with van der Waals surface area (Å²) in [5, 5.41) is 6.02. The van der Waals surface area contributed by atoms with Crippen LogP contribution in [0.3, 0.4) is 0 Å². The first-order valence-electron chi connectivity index (χ1n) is 4.93. The highest BCUT2D eigenvalue weighted by Crippen LogP contribution is 2.13. The molecule has 0 aliphatic rings. The Labute approximate surface area is 108 Å². The van der Waals surface area contributed by atoms with Gasteiger partial charge in [-0.25, -0.2) is 4.98 Å². The molecule has 0 aliphatic carbocycles. The molecule has 5 heteroatoms. The standard InChI is InChI=1S/C11H13IN4/c1-8-10(6-13-15(2)3)16-7-9(12)4-5-11(16)14-8/h4-7H,1-3H3/b13-6+. The van der Waals surface area contributed by atoms with Gasteiger partial charge in [0, 0.05) is 23.9 Å². The van der Waals surface area contributed by atoms with Gasteiger partial charge < -0.3 is 5.01 Å². The van der Waals surface area contributed by atoms with Crippen molar-refractivity contribution in [1.29, 1.82) is 0 Å². The van der Waals surface area contributed by atoms with E-state index >= 15 is 0 Å². The summed E-state index contributed by atoms with van der Waals surface area (Å²) >= 11 is 2.29. The van der Waals surface area contributed by atoms with Gasteiger partial charge in [-0.05, 0) is 41.6 Å². The molecule has 4 nitrogen and oxygen atoms in total. The molecule has 0 unspecified atom stereocenters. The van der Waals surface area contributed by atoms with Gasteiger partial charge in [0.05, 0.1) is 17.6 Å². The van der Waals surface area contributed by atoms with E-state index in [0.29, 0.717) is 0 Å². The second-order valence-electron chi connectivity index (χ2n) is 3.75. The third-order valence-corrected chi connectivity index (χ3v) is 2.85. The van der Waals surface area contributed by atoms with Crippen molar-refractivity contribution in [2.45, 2.75) is 6.92 Å². The van der Waals surface area contributed by atoms with E-state index in [9.17, 15) is 0 Å². The molecule has 0 bridgehead atoms. The number of halogens is 1. The predicted octanol–water partition coefficient (Wildman–Crippen LogP) is 2.14. The molecule has 0 fully saturated rings. The van der Waals surface area contributed by atoms with Gasteiger partial charge in [-0.15, -0.1) is 0 Å². The number of aryl methyl sites for hydroxylation is 1. The summed E-state index contributed by atoms with van der Waals surface area (Å²) in [6, 6.07) is 4.07. The van der Waals surface area contributed by atoms with Crippen molar-refractivity contribution in [2.24, 2.45) is 5.10 Å². The van der Waals surface area contributed by atoms with E-state index in [0.717, 1.165) is 17.0 Å². The van der Waals surface area contributed by atoms with Crippen LogP contribution in [0.5, 0.6) is 0 Å². The average Bonchev–Trinajstić information content (AvgIpc) is 2.51. The van der Waals surface area contributed by atoms with Crippen LogP contribution in [0.1, 0.15) is 11.4 Å². The van der Waals surface area contributed by atoms with Crippen molar-refractivity contribution in [3.63, 3.8) is 0 Å². The zero-order chi connectivity index (χ0) is 11.7. The predicted molar refractivity (Wildman–Crippen MR) is 73.9 cm³/mol. The van der Waals surface area contributed by atoms with Crippen molar-refractivity contribution >= 4 is 34.5 Å². The Bertz CT molecular complexity index is 542. The van der Waals surface area contributed by atoms with Gasteiger partial charge in [-0.1, -0.05) is 0 Å². The number of nitrogens with zero attached hydrogens (tertiary/aromatic N) is 4. The van der Waals surface area contributed by atoms with Gasteiger partial charge in [0.2, 0.25) is 0 Å². The summed E-state index contributed by atoms with van der Waals surface area (Å²) in [5.41, 5.74) is 2.98. The summed E-state index contributed by atoms with van der Waals surface area (Å²) in [7, 11) is 3.80. The molecule has 16 heavy (non-hydrogen) atoms. The van der Waals surface area contributed by atoms with Crippen LogP contribution in [0, 0.1) is 10.5 Å². The third kappa shape index (κ3) is 2.18. The van der Waals surface area contributed by atoms with Crippen molar-refractivity contribution in [3.8, 4) is 0 Å². The average molecular weight is 328 g/mol. The number of fused-ring (bicyclic) bond motifs is 1. The molecular weight excluding hydrogens is 315 g/mol. The van der Waals surface area contributed by atoms with Gasteiger partial charge in [-0.3, -0.25) is 4.40 Å². The van der Waals surface area contributed by atoms with Gasteiger partial charge in [0.1, 0.15) is 5.65 Å². The molecular formula is C11H13IN4. The molecule has 2 aromatic heterocycles. The molecule has 2 aromatic rings. The minimum atomic E-state index is 0.957. The molecule has 0 amide bonds. The van der Waals surface area contributed by atoms with Crippen molar-refractivity contribution in [2.75, 3.05) is 14.1 Å². The largest absolute Gasteiger partial charge is 0.303 e. The van der Waals surface area contributed by atoms with Crippen molar-refractivity contribution < 1.29 is 0 Å². The number of rotatable bonds is 2. The maximum Gasteiger partial charge on any atom is 0.137 e. The van der Waals surface area contributed by atoms with E-state index in [2.05, 4.69) is 49.3 Å². The van der Waals surface area contributed by atoms with E-state index in [-0.39, 0.29) is 0 Å². The number of pyridine rings is 1. The van der Waals surface area contributed by atoms with E-state index in [1.807, 2.05) is 33.3 Å². The van der Waals surface area contributed by atoms with Gasteiger partial charge in [-0.2, -0.15) is 5.10 Å². The topological polar surface area (TPSA) is 32.9 Å². The lowest BCUT2D eigenvalue weighted by Crippen LogP contribution is -2.03. The summed E-state index contributed by atoms with van der Waals surface area (Å²) in [5.74, 6) is 0. The fourth-order valence-electron chi connectivity index (χ4n) is 1.48. The maximum absolute atomic E-state index is 4.48. The highest BCUT2D eigenvalue weighted by atomic mass is 127.